The molecule has 0 atom stereocenters. The molecule has 0 bridgehead atoms. The first-order valence-electron chi connectivity index (χ1n) is 7.00. The van der Waals surface area contributed by atoms with Crippen LogP contribution in [0.15, 0.2) is 24.4 Å². The Balaban J connectivity index is 1.98. The number of fused-ring (bicyclic) bond motifs is 1. The van der Waals surface area contributed by atoms with Crippen LogP contribution in [-0.2, 0) is 17.8 Å². The van der Waals surface area contributed by atoms with Gasteiger partial charge in [0.15, 0.2) is 5.65 Å². The monoisotopic (exact) mass is 347 g/mol. The topological polar surface area (TPSA) is 116 Å². The molecule has 3 N–H and O–H groups in total. The second-order valence-electron chi connectivity index (χ2n) is 5.13. The lowest BCUT2D eigenvalue weighted by Gasteiger charge is -2.10. The van der Waals surface area contributed by atoms with Gasteiger partial charge in [0, 0.05) is 5.56 Å². The molecule has 0 radical (unpaired) electrons. The van der Waals surface area contributed by atoms with Gasteiger partial charge in [0.25, 0.3) is 0 Å². The van der Waals surface area contributed by atoms with E-state index in [1.807, 2.05) is 6.07 Å². The van der Waals surface area contributed by atoms with Crippen LogP contribution >= 0.6 is 11.6 Å². The molecule has 0 fully saturated rings. The maximum absolute atomic E-state index is 11.0. The minimum atomic E-state index is -0.928. The standard InChI is InChI=1S/C15H14ClN5O3/c1-24-11-3-2-8(4-9(11)5-12(22)23)7-21-14-10(6-18-21)13(17)19-15(16)20-14/h2-4,6H,5,7H2,1H3,(H,22,23)(H2,17,19,20). The van der Waals surface area contributed by atoms with Crippen LogP contribution < -0.4 is 10.5 Å². The van der Waals surface area contributed by atoms with Gasteiger partial charge in [-0.1, -0.05) is 6.07 Å². The van der Waals surface area contributed by atoms with Crippen LogP contribution in [0.1, 0.15) is 11.1 Å². The van der Waals surface area contributed by atoms with E-state index in [9.17, 15) is 4.79 Å². The van der Waals surface area contributed by atoms with E-state index in [1.165, 1.54) is 7.11 Å². The third kappa shape index (κ3) is 3.09. The Morgan fingerprint density at radius 2 is 2.21 bits per heavy atom. The van der Waals surface area contributed by atoms with Crippen LogP contribution in [0, 0.1) is 0 Å². The molecular weight excluding hydrogens is 334 g/mol. The molecule has 0 saturated heterocycles. The number of aliphatic carboxylic acids is 1. The van der Waals surface area contributed by atoms with E-state index in [0.717, 1.165) is 5.56 Å². The van der Waals surface area contributed by atoms with Crippen molar-refractivity contribution < 1.29 is 14.6 Å². The first-order valence-corrected chi connectivity index (χ1v) is 7.38. The number of carbonyl (C=O) groups is 1. The lowest BCUT2D eigenvalue weighted by Crippen LogP contribution is -2.06. The number of hydrogen-bond donors (Lipinski definition) is 2. The Labute approximate surface area is 141 Å². The van der Waals surface area contributed by atoms with Crippen LogP contribution in [0.3, 0.4) is 0 Å². The molecule has 0 aliphatic rings. The third-order valence-corrected chi connectivity index (χ3v) is 3.69. The summed E-state index contributed by atoms with van der Waals surface area (Å²) < 4.78 is 6.83. The Bertz CT molecular complexity index is 925. The second-order valence-corrected chi connectivity index (χ2v) is 5.47. The lowest BCUT2D eigenvalue weighted by atomic mass is 10.1. The van der Waals surface area contributed by atoms with Gasteiger partial charge in [-0.2, -0.15) is 10.1 Å². The van der Waals surface area contributed by atoms with E-state index in [-0.39, 0.29) is 17.5 Å². The Hall–Kier alpha value is -2.87. The molecule has 0 aliphatic heterocycles. The van der Waals surface area contributed by atoms with Gasteiger partial charge in [0.05, 0.1) is 31.7 Å². The SMILES string of the molecule is COc1ccc(Cn2ncc3c(N)nc(Cl)nc32)cc1CC(=O)O. The number of ether oxygens (including phenoxy) is 1. The van der Waals surface area contributed by atoms with Crippen molar-refractivity contribution in [2.24, 2.45) is 0 Å². The number of benzene rings is 1. The number of hydrogen-bond acceptors (Lipinski definition) is 6. The van der Waals surface area contributed by atoms with Crippen molar-refractivity contribution in [1.29, 1.82) is 0 Å². The molecule has 0 aliphatic carbocycles. The fourth-order valence-electron chi connectivity index (χ4n) is 2.47. The van der Waals surface area contributed by atoms with Gasteiger partial charge in [-0.25, -0.2) is 9.67 Å². The molecule has 8 nitrogen and oxygen atoms in total. The van der Waals surface area contributed by atoms with Crippen molar-refractivity contribution in [1.82, 2.24) is 19.7 Å². The van der Waals surface area contributed by atoms with Crippen LogP contribution in [0.5, 0.6) is 5.75 Å². The number of nitrogens with two attached hydrogens (primary N) is 1. The molecule has 0 spiro atoms. The summed E-state index contributed by atoms with van der Waals surface area (Å²) in [6.45, 7) is 0.382. The number of anilines is 1. The number of carboxylic acid groups (broad SMARTS) is 1. The smallest absolute Gasteiger partial charge is 0.307 e. The third-order valence-electron chi connectivity index (χ3n) is 3.52. The number of carboxylic acids is 1. The fraction of sp³-hybridized carbons (Fsp3) is 0.200. The molecule has 9 heteroatoms. The number of nitrogen functional groups attached to an aromatic ring is 1. The summed E-state index contributed by atoms with van der Waals surface area (Å²) in [4.78, 5) is 19.0. The summed E-state index contributed by atoms with van der Waals surface area (Å²) in [6.07, 6.45) is 1.44. The highest BCUT2D eigenvalue weighted by atomic mass is 35.5. The van der Waals surface area contributed by atoms with Gasteiger partial charge >= 0.3 is 5.97 Å². The number of nitrogens with zero attached hydrogens (tertiary/aromatic N) is 4. The molecule has 24 heavy (non-hydrogen) atoms. The van der Waals surface area contributed by atoms with Crippen LogP contribution in [-0.4, -0.2) is 37.9 Å². The Morgan fingerprint density at radius 1 is 1.42 bits per heavy atom. The van der Waals surface area contributed by atoms with Crippen molar-refractivity contribution in [3.8, 4) is 5.75 Å². The predicted molar refractivity (Wildman–Crippen MR) is 88.2 cm³/mol. The number of halogens is 1. The highest BCUT2D eigenvalue weighted by Crippen LogP contribution is 2.23. The lowest BCUT2D eigenvalue weighted by molar-refractivity contribution is -0.136. The van der Waals surface area contributed by atoms with Gasteiger partial charge in [-0.15, -0.1) is 0 Å². The number of methoxy groups -OCH3 is 1. The van der Waals surface area contributed by atoms with E-state index in [4.69, 9.17) is 27.2 Å². The van der Waals surface area contributed by atoms with E-state index < -0.39 is 5.97 Å². The molecule has 2 heterocycles. The second kappa shape index (κ2) is 6.32. The van der Waals surface area contributed by atoms with Gasteiger partial charge in [-0.05, 0) is 29.3 Å². The van der Waals surface area contributed by atoms with E-state index in [2.05, 4.69) is 15.1 Å². The zero-order chi connectivity index (χ0) is 17.3. The number of rotatable bonds is 5. The summed E-state index contributed by atoms with van der Waals surface area (Å²) in [5.74, 6) is -0.138. The van der Waals surface area contributed by atoms with Crippen molar-refractivity contribution in [2.75, 3.05) is 12.8 Å². The van der Waals surface area contributed by atoms with Crippen molar-refractivity contribution in [3.63, 3.8) is 0 Å². The minimum absolute atomic E-state index is 0.0445. The maximum Gasteiger partial charge on any atom is 0.307 e. The number of aromatic nitrogens is 4. The predicted octanol–water partition coefficient (Wildman–Crippen LogP) is 1.75. The molecule has 124 valence electrons. The van der Waals surface area contributed by atoms with Crippen molar-refractivity contribution in [3.05, 3.63) is 40.8 Å². The summed E-state index contributed by atoms with van der Waals surface area (Å²) in [6, 6.07) is 5.34. The van der Waals surface area contributed by atoms with E-state index in [0.29, 0.717) is 28.9 Å². The molecular formula is C15H14ClN5O3. The molecule has 0 saturated carbocycles. The van der Waals surface area contributed by atoms with Crippen molar-refractivity contribution >= 4 is 34.4 Å². The summed E-state index contributed by atoms with van der Waals surface area (Å²) in [5.41, 5.74) is 7.77. The molecule has 0 amide bonds. The zero-order valence-corrected chi connectivity index (χ0v) is 13.5. The van der Waals surface area contributed by atoms with Crippen LogP contribution in [0.4, 0.5) is 5.82 Å². The largest absolute Gasteiger partial charge is 0.496 e. The summed E-state index contributed by atoms with van der Waals surface area (Å²) >= 11 is 5.85. The van der Waals surface area contributed by atoms with Crippen molar-refractivity contribution in [2.45, 2.75) is 13.0 Å². The first kappa shape index (κ1) is 16.0. The average molecular weight is 348 g/mol. The summed E-state index contributed by atoms with van der Waals surface area (Å²) in [5, 5.41) is 13.9. The van der Waals surface area contributed by atoms with Gasteiger partial charge in [-0.3, -0.25) is 4.79 Å². The average Bonchev–Trinajstić information content (AvgIpc) is 2.90. The first-order chi connectivity index (χ1) is 11.5. The molecule has 3 aromatic rings. The molecule has 3 rings (SSSR count). The Kier molecular flexibility index (Phi) is 4.22. The fourth-order valence-corrected chi connectivity index (χ4v) is 2.64. The zero-order valence-electron chi connectivity index (χ0n) is 12.7. The highest BCUT2D eigenvalue weighted by Gasteiger charge is 2.13. The van der Waals surface area contributed by atoms with Gasteiger partial charge in [0.1, 0.15) is 11.6 Å². The minimum Gasteiger partial charge on any atom is -0.496 e. The highest BCUT2D eigenvalue weighted by molar-refractivity contribution is 6.28. The normalized spacial score (nSPS) is 10.9. The quantitative estimate of drug-likeness (QED) is 0.675. The Morgan fingerprint density at radius 3 is 2.92 bits per heavy atom. The van der Waals surface area contributed by atoms with E-state index >= 15 is 0 Å². The molecule has 0 unspecified atom stereocenters. The van der Waals surface area contributed by atoms with E-state index in [1.54, 1.807) is 23.0 Å². The van der Waals surface area contributed by atoms with Gasteiger partial charge < -0.3 is 15.6 Å². The molecule has 1 aromatic carbocycles. The van der Waals surface area contributed by atoms with Crippen LogP contribution in [0.25, 0.3) is 11.0 Å². The maximum atomic E-state index is 11.0. The van der Waals surface area contributed by atoms with Gasteiger partial charge in [0.2, 0.25) is 5.28 Å². The molecule has 2 aromatic heterocycles. The summed E-state index contributed by atoms with van der Waals surface area (Å²) in [7, 11) is 1.50. The van der Waals surface area contributed by atoms with Crippen LogP contribution in [0.2, 0.25) is 5.28 Å².